The number of hydrogen-bond acceptors (Lipinski definition) is 2. The Hall–Kier alpha value is -0.770. The van der Waals surface area contributed by atoms with Crippen molar-refractivity contribution in [1.29, 1.82) is 0 Å². The number of nitrogens with one attached hydrogen (secondary N) is 1. The number of halogens is 2. The summed E-state index contributed by atoms with van der Waals surface area (Å²) in [5.41, 5.74) is 0.216. The van der Waals surface area contributed by atoms with Gasteiger partial charge in [0, 0.05) is 18.7 Å². The van der Waals surface area contributed by atoms with E-state index in [0.29, 0.717) is 34.0 Å². The zero-order chi connectivity index (χ0) is 16.9. The number of methoxy groups -OCH3 is 1. The fourth-order valence-corrected chi connectivity index (χ4v) is 6.04. The van der Waals surface area contributed by atoms with Crippen LogP contribution in [0, 0.1) is 23.7 Å². The quantitative estimate of drug-likeness (QED) is 0.846. The standard InChI is InChI=1S/C19H23Cl2NO2/c1-24-19(13-5-11-4-12(7-13)8-14(19)6-11)10-22-18(23)16-9-15(20)2-3-17(16)21/h2-3,9,11-14H,4-8,10H2,1H3,(H,22,23). The molecule has 0 unspecified atom stereocenters. The van der Waals surface area contributed by atoms with Crippen molar-refractivity contribution in [2.45, 2.75) is 37.7 Å². The Morgan fingerprint density at radius 1 is 1.17 bits per heavy atom. The van der Waals surface area contributed by atoms with E-state index in [1.165, 1.54) is 32.1 Å². The summed E-state index contributed by atoms with van der Waals surface area (Å²) in [5, 5.41) is 4.02. The molecule has 0 aromatic heterocycles. The monoisotopic (exact) mass is 367 g/mol. The first-order chi connectivity index (χ1) is 11.5. The zero-order valence-electron chi connectivity index (χ0n) is 13.9. The Bertz CT molecular complexity index is 633. The molecule has 0 spiro atoms. The number of amides is 1. The minimum atomic E-state index is -0.214. The Balaban J connectivity index is 1.51. The molecule has 130 valence electrons. The predicted molar refractivity (Wildman–Crippen MR) is 95.6 cm³/mol. The van der Waals surface area contributed by atoms with Crippen molar-refractivity contribution < 1.29 is 9.53 Å². The van der Waals surface area contributed by atoms with Gasteiger partial charge in [0.1, 0.15) is 0 Å². The zero-order valence-corrected chi connectivity index (χ0v) is 15.4. The molecule has 0 aliphatic heterocycles. The van der Waals surface area contributed by atoms with Gasteiger partial charge >= 0.3 is 0 Å². The summed E-state index contributed by atoms with van der Waals surface area (Å²) in [7, 11) is 1.81. The van der Waals surface area contributed by atoms with Crippen LogP contribution in [0.1, 0.15) is 42.5 Å². The third-order valence-electron chi connectivity index (χ3n) is 6.60. The van der Waals surface area contributed by atoms with Crippen LogP contribution < -0.4 is 5.32 Å². The Morgan fingerprint density at radius 3 is 2.38 bits per heavy atom. The summed E-state index contributed by atoms with van der Waals surface area (Å²) in [6.45, 7) is 0.556. The minimum Gasteiger partial charge on any atom is -0.376 e. The maximum Gasteiger partial charge on any atom is 0.252 e. The topological polar surface area (TPSA) is 38.3 Å². The van der Waals surface area contributed by atoms with Crippen LogP contribution in [0.4, 0.5) is 0 Å². The van der Waals surface area contributed by atoms with E-state index in [-0.39, 0.29) is 11.5 Å². The molecule has 1 amide bonds. The highest BCUT2D eigenvalue weighted by atomic mass is 35.5. The molecule has 1 aromatic rings. The van der Waals surface area contributed by atoms with Gasteiger partial charge in [-0.1, -0.05) is 23.2 Å². The molecule has 4 aliphatic carbocycles. The van der Waals surface area contributed by atoms with Crippen LogP contribution in [-0.4, -0.2) is 25.2 Å². The average molecular weight is 368 g/mol. The van der Waals surface area contributed by atoms with Crippen molar-refractivity contribution in [2.24, 2.45) is 23.7 Å². The van der Waals surface area contributed by atoms with Gasteiger partial charge in [0.15, 0.2) is 0 Å². The highest BCUT2D eigenvalue weighted by Crippen LogP contribution is 2.59. The van der Waals surface area contributed by atoms with Crippen molar-refractivity contribution >= 4 is 29.1 Å². The summed E-state index contributed by atoms with van der Waals surface area (Å²) in [6.07, 6.45) is 6.38. The number of carbonyl (C=O) groups is 1. The molecular formula is C19H23Cl2NO2. The first-order valence-electron chi connectivity index (χ1n) is 8.80. The summed E-state index contributed by atoms with van der Waals surface area (Å²) in [6, 6.07) is 4.97. The maximum absolute atomic E-state index is 12.6. The largest absolute Gasteiger partial charge is 0.376 e. The molecule has 0 radical (unpaired) electrons. The van der Waals surface area contributed by atoms with Gasteiger partial charge in [0.25, 0.3) is 5.91 Å². The summed E-state index contributed by atoms with van der Waals surface area (Å²) >= 11 is 12.2. The highest BCUT2D eigenvalue weighted by Gasteiger charge is 2.57. The average Bonchev–Trinajstić information content (AvgIpc) is 2.56. The second-order valence-corrected chi connectivity index (χ2v) is 8.61. The molecule has 4 bridgehead atoms. The van der Waals surface area contributed by atoms with Crippen molar-refractivity contribution in [3.8, 4) is 0 Å². The van der Waals surface area contributed by atoms with Crippen LogP contribution >= 0.6 is 23.2 Å². The molecule has 0 heterocycles. The summed E-state index contributed by atoms with van der Waals surface area (Å²) in [4.78, 5) is 12.6. The Kier molecular flexibility index (Phi) is 4.30. The SMILES string of the molecule is COC1(CNC(=O)c2cc(Cl)ccc2Cl)C2CC3CC(C2)CC1C3. The van der Waals surface area contributed by atoms with Crippen LogP contribution in [0.2, 0.25) is 10.0 Å². The fourth-order valence-electron chi connectivity index (χ4n) is 5.66. The molecule has 24 heavy (non-hydrogen) atoms. The molecule has 5 rings (SSSR count). The van der Waals surface area contributed by atoms with Crippen LogP contribution in [0.15, 0.2) is 18.2 Å². The highest BCUT2D eigenvalue weighted by molar-refractivity contribution is 6.35. The summed E-state index contributed by atoms with van der Waals surface area (Å²) in [5.74, 6) is 2.69. The van der Waals surface area contributed by atoms with E-state index >= 15 is 0 Å². The van der Waals surface area contributed by atoms with Gasteiger partial charge < -0.3 is 10.1 Å². The van der Waals surface area contributed by atoms with Gasteiger partial charge in [-0.05, 0) is 74.0 Å². The summed E-state index contributed by atoms with van der Waals surface area (Å²) < 4.78 is 6.08. The minimum absolute atomic E-state index is 0.173. The number of hydrogen-bond donors (Lipinski definition) is 1. The Labute approximate surface area is 153 Å². The fraction of sp³-hybridized carbons (Fsp3) is 0.632. The lowest BCUT2D eigenvalue weighted by molar-refractivity contribution is -0.186. The molecule has 4 saturated carbocycles. The van der Waals surface area contributed by atoms with Crippen molar-refractivity contribution in [1.82, 2.24) is 5.32 Å². The van der Waals surface area contributed by atoms with E-state index in [0.717, 1.165) is 11.8 Å². The smallest absolute Gasteiger partial charge is 0.252 e. The maximum atomic E-state index is 12.6. The van der Waals surface area contributed by atoms with Gasteiger partial charge in [-0.15, -0.1) is 0 Å². The lowest BCUT2D eigenvalue weighted by Gasteiger charge is -2.60. The van der Waals surface area contributed by atoms with E-state index in [1.54, 1.807) is 25.3 Å². The lowest BCUT2D eigenvalue weighted by atomic mass is 9.49. The van der Waals surface area contributed by atoms with Crippen LogP contribution in [0.25, 0.3) is 0 Å². The Morgan fingerprint density at radius 2 is 1.79 bits per heavy atom. The van der Waals surface area contributed by atoms with Gasteiger partial charge in [-0.3, -0.25) is 4.79 Å². The number of carbonyl (C=O) groups excluding carboxylic acids is 1. The van der Waals surface area contributed by atoms with E-state index in [4.69, 9.17) is 27.9 Å². The molecule has 0 saturated heterocycles. The molecule has 3 nitrogen and oxygen atoms in total. The number of ether oxygens (including phenoxy) is 1. The molecule has 4 aliphatic rings. The van der Waals surface area contributed by atoms with E-state index in [2.05, 4.69) is 5.32 Å². The molecule has 4 fully saturated rings. The van der Waals surface area contributed by atoms with Crippen molar-refractivity contribution in [2.75, 3.05) is 13.7 Å². The van der Waals surface area contributed by atoms with Gasteiger partial charge in [-0.2, -0.15) is 0 Å². The normalized spacial score (nSPS) is 36.8. The van der Waals surface area contributed by atoms with Crippen molar-refractivity contribution in [3.05, 3.63) is 33.8 Å². The molecule has 5 heteroatoms. The van der Waals surface area contributed by atoms with Gasteiger partial charge in [-0.25, -0.2) is 0 Å². The third kappa shape index (κ3) is 2.65. The van der Waals surface area contributed by atoms with Gasteiger partial charge in [0.05, 0.1) is 16.2 Å². The van der Waals surface area contributed by atoms with Crippen LogP contribution in [0.3, 0.4) is 0 Å². The number of rotatable bonds is 4. The second-order valence-electron chi connectivity index (χ2n) is 7.77. The number of benzene rings is 1. The second kappa shape index (κ2) is 6.19. The molecule has 0 atom stereocenters. The van der Waals surface area contributed by atoms with Crippen LogP contribution in [0.5, 0.6) is 0 Å². The predicted octanol–water partition coefficient (Wildman–Crippen LogP) is 4.56. The molecular weight excluding hydrogens is 345 g/mol. The van der Waals surface area contributed by atoms with E-state index in [9.17, 15) is 4.79 Å². The third-order valence-corrected chi connectivity index (χ3v) is 7.16. The van der Waals surface area contributed by atoms with E-state index < -0.39 is 0 Å². The first-order valence-corrected chi connectivity index (χ1v) is 9.56. The van der Waals surface area contributed by atoms with Crippen molar-refractivity contribution in [3.63, 3.8) is 0 Å². The van der Waals surface area contributed by atoms with E-state index in [1.807, 2.05) is 0 Å². The first kappa shape index (κ1) is 16.7. The molecule has 1 N–H and O–H groups in total. The lowest BCUT2D eigenvalue weighted by Crippen LogP contribution is -2.63. The van der Waals surface area contributed by atoms with Crippen LogP contribution in [-0.2, 0) is 4.74 Å². The van der Waals surface area contributed by atoms with Gasteiger partial charge in [0.2, 0.25) is 0 Å². The molecule has 1 aromatic carbocycles.